The number of carbonyl (C=O) groups excluding carboxylic acids is 3. The molecule has 2 saturated carbocycles. The Hall–Kier alpha value is -2.21. The number of nitrogens with zero attached hydrogens (tertiary/aromatic N) is 1. The zero-order chi connectivity index (χ0) is 18.2. The number of urea groups is 1. The average Bonchev–Trinajstić information content (AvgIpc) is 2.86. The van der Waals surface area contributed by atoms with Crippen LogP contribution < -0.4 is 5.32 Å². The van der Waals surface area contributed by atoms with Crippen molar-refractivity contribution in [3.63, 3.8) is 0 Å². The molecule has 1 N–H and O–H groups in total. The van der Waals surface area contributed by atoms with Crippen molar-refractivity contribution < 1.29 is 19.1 Å². The van der Waals surface area contributed by atoms with Gasteiger partial charge in [-0.2, -0.15) is 0 Å². The number of ether oxygens (including phenoxy) is 1. The van der Waals surface area contributed by atoms with Crippen LogP contribution in [0.25, 0.3) is 0 Å². The Labute approximate surface area is 152 Å². The van der Waals surface area contributed by atoms with Crippen molar-refractivity contribution in [2.24, 2.45) is 0 Å². The van der Waals surface area contributed by atoms with E-state index in [1.807, 2.05) is 30.3 Å². The Bertz CT molecular complexity index is 717. The van der Waals surface area contributed by atoms with Crippen molar-refractivity contribution in [3.8, 4) is 0 Å². The fourth-order valence-electron chi connectivity index (χ4n) is 4.26. The van der Waals surface area contributed by atoms with Crippen LogP contribution in [0.2, 0.25) is 0 Å². The number of hydrogen-bond donors (Lipinski definition) is 1. The first kappa shape index (κ1) is 17.2. The number of imide groups is 1. The number of hydrogen-bond acceptors (Lipinski definition) is 4. The zero-order valence-electron chi connectivity index (χ0n) is 14.8. The summed E-state index contributed by atoms with van der Waals surface area (Å²) in [6.07, 6.45) is 4.47. The van der Waals surface area contributed by atoms with Crippen molar-refractivity contribution in [2.45, 2.75) is 62.7 Å². The van der Waals surface area contributed by atoms with Gasteiger partial charge in [0, 0.05) is 12.8 Å². The van der Waals surface area contributed by atoms with Crippen molar-refractivity contribution in [3.05, 3.63) is 35.9 Å². The van der Waals surface area contributed by atoms with Crippen molar-refractivity contribution in [1.29, 1.82) is 0 Å². The number of rotatable bonds is 5. The monoisotopic (exact) mass is 356 g/mol. The molecule has 1 aromatic rings. The third-order valence-electron chi connectivity index (χ3n) is 6.14. The van der Waals surface area contributed by atoms with Crippen molar-refractivity contribution in [1.82, 2.24) is 10.2 Å². The van der Waals surface area contributed by atoms with Gasteiger partial charge in [0.25, 0.3) is 5.91 Å². The van der Waals surface area contributed by atoms with E-state index >= 15 is 0 Å². The maximum atomic E-state index is 12.4. The maximum absolute atomic E-state index is 12.4. The standard InChI is InChI=1S/C20H24N2O4/c23-16-7-11-19(12-8-16,26-13-15-5-2-1-3-6-15)14-22-18(25)21-17(24)20(22)9-4-10-20/h1-3,5-6H,4,7-14H2,(H,21,24,25). The fraction of sp³-hybridized carbons (Fsp3) is 0.550. The quantitative estimate of drug-likeness (QED) is 0.823. The van der Waals surface area contributed by atoms with Crippen LogP contribution in [0.3, 0.4) is 0 Å². The molecule has 0 aromatic heterocycles. The minimum Gasteiger partial charge on any atom is -0.368 e. The van der Waals surface area contributed by atoms with Crippen LogP contribution >= 0.6 is 0 Å². The Kier molecular flexibility index (Phi) is 4.31. The molecule has 1 heterocycles. The van der Waals surface area contributed by atoms with Crippen LogP contribution in [-0.4, -0.2) is 40.3 Å². The third kappa shape index (κ3) is 2.92. The summed E-state index contributed by atoms with van der Waals surface area (Å²) in [6, 6.07) is 9.56. The number of benzene rings is 1. The Balaban J connectivity index is 1.54. The molecule has 6 nitrogen and oxygen atoms in total. The van der Waals surface area contributed by atoms with Gasteiger partial charge in [-0.25, -0.2) is 4.79 Å². The summed E-state index contributed by atoms with van der Waals surface area (Å²) in [5, 5.41) is 2.47. The predicted molar refractivity (Wildman–Crippen MR) is 94.3 cm³/mol. The molecular weight excluding hydrogens is 332 g/mol. The number of amides is 3. The van der Waals surface area contributed by atoms with Crippen molar-refractivity contribution in [2.75, 3.05) is 6.54 Å². The second-order valence-electron chi connectivity index (χ2n) is 7.73. The average molecular weight is 356 g/mol. The summed E-state index contributed by atoms with van der Waals surface area (Å²) in [5.41, 5.74) is -0.209. The molecule has 0 atom stereocenters. The molecule has 4 rings (SSSR count). The van der Waals surface area contributed by atoms with E-state index in [2.05, 4.69) is 5.32 Å². The maximum Gasteiger partial charge on any atom is 0.325 e. The lowest BCUT2D eigenvalue weighted by atomic mass is 9.74. The largest absolute Gasteiger partial charge is 0.368 e. The minimum atomic E-state index is -0.693. The van der Waals surface area contributed by atoms with Gasteiger partial charge in [0.15, 0.2) is 0 Å². The van der Waals surface area contributed by atoms with E-state index in [1.54, 1.807) is 4.90 Å². The molecule has 138 valence electrons. The first-order valence-electron chi connectivity index (χ1n) is 9.36. The fourth-order valence-corrected chi connectivity index (χ4v) is 4.26. The van der Waals surface area contributed by atoms with Crippen molar-refractivity contribution >= 4 is 17.7 Å². The lowest BCUT2D eigenvalue weighted by Crippen LogP contribution is -2.59. The van der Waals surface area contributed by atoms with Gasteiger partial charge in [0.1, 0.15) is 11.3 Å². The first-order chi connectivity index (χ1) is 12.5. The molecule has 0 bridgehead atoms. The van der Waals surface area contributed by atoms with Gasteiger partial charge >= 0.3 is 6.03 Å². The molecule has 0 unspecified atom stereocenters. The summed E-state index contributed by atoms with van der Waals surface area (Å²) in [5.74, 6) is 0.0584. The highest BCUT2D eigenvalue weighted by Gasteiger charge is 2.58. The zero-order valence-corrected chi connectivity index (χ0v) is 14.8. The normalized spacial score (nSPS) is 23.8. The molecule has 1 saturated heterocycles. The first-order valence-corrected chi connectivity index (χ1v) is 9.36. The smallest absolute Gasteiger partial charge is 0.325 e. The summed E-state index contributed by atoms with van der Waals surface area (Å²) in [6.45, 7) is 0.802. The predicted octanol–water partition coefficient (Wildman–Crippen LogP) is 2.56. The van der Waals surface area contributed by atoms with Gasteiger partial charge in [0.05, 0.1) is 18.8 Å². The highest BCUT2D eigenvalue weighted by molar-refractivity contribution is 6.07. The molecular formula is C20H24N2O4. The van der Waals surface area contributed by atoms with Gasteiger partial charge in [-0.05, 0) is 37.7 Å². The molecule has 6 heteroatoms. The summed E-state index contributed by atoms with van der Waals surface area (Å²) < 4.78 is 6.33. The van der Waals surface area contributed by atoms with Crippen LogP contribution in [0.15, 0.2) is 30.3 Å². The molecule has 3 fully saturated rings. The third-order valence-corrected chi connectivity index (χ3v) is 6.14. The Morgan fingerprint density at radius 3 is 2.31 bits per heavy atom. The minimum absolute atomic E-state index is 0.182. The summed E-state index contributed by atoms with van der Waals surface area (Å²) in [4.78, 5) is 38.2. The molecule has 1 spiro atoms. The lowest BCUT2D eigenvalue weighted by molar-refractivity contribution is -0.142. The molecule has 2 aliphatic carbocycles. The van der Waals surface area contributed by atoms with Gasteiger partial charge in [-0.3, -0.25) is 14.9 Å². The number of nitrogens with one attached hydrogen (secondary N) is 1. The van der Waals surface area contributed by atoms with E-state index < -0.39 is 11.1 Å². The summed E-state index contributed by atoms with van der Waals surface area (Å²) >= 11 is 0. The molecule has 0 radical (unpaired) electrons. The molecule has 3 aliphatic rings. The van der Waals surface area contributed by atoms with E-state index in [0.29, 0.717) is 51.7 Å². The molecule has 3 amide bonds. The van der Waals surface area contributed by atoms with E-state index in [-0.39, 0.29) is 17.7 Å². The Morgan fingerprint density at radius 1 is 1.00 bits per heavy atom. The number of Topliss-reactive ketones (excluding diaryl/α,β-unsaturated/α-hetero) is 1. The number of ketones is 1. The lowest BCUT2D eigenvalue weighted by Gasteiger charge is -2.47. The van der Waals surface area contributed by atoms with Gasteiger partial charge in [-0.15, -0.1) is 0 Å². The van der Waals surface area contributed by atoms with Gasteiger partial charge in [-0.1, -0.05) is 30.3 Å². The van der Waals surface area contributed by atoms with Crippen LogP contribution in [0.5, 0.6) is 0 Å². The second kappa shape index (κ2) is 6.50. The second-order valence-corrected chi connectivity index (χ2v) is 7.73. The molecule has 1 aliphatic heterocycles. The van der Waals surface area contributed by atoms with E-state index in [9.17, 15) is 14.4 Å². The topological polar surface area (TPSA) is 75.7 Å². The van der Waals surface area contributed by atoms with E-state index in [1.165, 1.54) is 0 Å². The van der Waals surface area contributed by atoms with E-state index in [0.717, 1.165) is 12.0 Å². The molecule has 26 heavy (non-hydrogen) atoms. The van der Waals surface area contributed by atoms with Crippen LogP contribution in [0.1, 0.15) is 50.5 Å². The Morgan fingerprint density at radius 2 is 1.69 bits per heavy atom. The van der Waals surface area contributed by atoms with Crippen LogP contribution in [-0.2, 0) is 20.9 Å². The van der Waals surface area contributed by atoms with Crippen LogP contribution in [0.4, 0.5) is 4.79 Å². The SMILES string of the molecule is O=C1CCC(CN2C(=O)NC(=O)C23CCC3)(OCc2ccccc2)CC1. The highest BCUT2D eigenvalue weighted by Crippen LogP contribution is 2.43. The number of carbonyl (C=O) groups is 3. The van der Waals surface area contributed by atoms with Gasteiger partial charge in [0.2, 0.25) is 0 Å². The summed E-state index contributed by atoms with van der Waals surface area (Å²) in [7, 11) is 0. The highest BCUT2D eigenvalue weighted by atomic mass is 16.5. The van der Waals surface area contributed by atoms with Crippen LogP contribution in [0, 0.1) is 0 Å². The molecule has 1 aromatic carbocycles. The van der Waals surface area contributed by atoms with Gasteiger partial charge < -0.3 is 9.64 Å². The van der Waals surface area contributed by atoms with E-state index in [4.69, 9.17) is 4.74 Å².